The lowest BCUT2D eigenvalue weighted by Crippen LogP contribution is -2.02. The zero-order valence-electron chi connectivity index (χ0n) is 7.06. The number of alkyl halides is 1. The largest absolute Gasteiger partial charge is 0.363 e. The normalized spacial score (nSPS) is 14.1. The first-order valence-electron chi connectivity index (χ1n) is 3.88. The SMILES string of the molecule is CC(C)CCCOC(C)Cl. The van der Waals surface area contributed by atoms with Crippen LogP contribution >= 0.6 is 11.6 Å². The molecular weight excluding hydrogens is 148 g/mol. The van der Waals surface area contributed by atoms with E-state index >= 15 is 0 Å². The molecule has 0 bridgehead atoms. The van der Waals surface area contributed by atoms with E-state index < -0.39 is 0 Å². The van der Waals surface area contributed by atoms with Gasteiger partial charge in [-0.1, -0.05) is 25.4 Å². The van der Waals surface area contributed by atoms with Crippen LogP contribution in [0.4, 0.5) is 0 Å². The van der Waals surface area contributed by atoms with E-state index in [0.29, 0.717) is 0 Å². The molecule has 0 N–H and O–H groups in total. The maximum Gasteiger partial charge on any atom is 0.128 e. The Morgan fingerprint density at radius 1 is 1.30 bits per heavy atom. The van der Waals surface area contributed by atoms with Crippen LogP contribution < -0.4 is 0 Å². The average Bonchev–Trinajstić information content (AvgIpc) is 1.79. The summed E-state index contributed by atoms with van der Waals surface area (Å²) in [4.78, 5) is 0. The summed E-state index contributed by atoms with van der Waals surface area (Å²) in [5, 5.41) is 0. The topological polar surface area (TPSA) is 9.23 Å². The molecule has 0 rings (SSSR count). The fourth-order valence-electron chi connectivity index (χ4n) is 0.737. The van der Waals surface area contributed by atoms with Gasteiger partial charge in [-0.2, -0.15) is 0 Å². The quantitative estimate of drug-likeness (QED) is 0.449. The maximum absolute atomic E-state index is 5.57. The standard InChI is InChI=1S/C8H17ClO/c1-7(2)5-4-6-10-8(3)9/h7-8H,4-6H2,1-3H3. The first-order chi connectivity index (χ1) is 4.63. The van der Waals surface area contributed by atoms with Crippen molar-refractivity contribution < 1.29 is 4.74 Å². The van der Waals surface area contributed by atoms with Gasteiger partial charge in [0.25, 0.3) is 0 Å². The van der Waals surface area contributed by atoms with Crippen molar-refractivity contribution in [2.24, 2.45) is 5.92 Å². The third-order valence-electron chi connectivity index (χ3n) is 1.27. The summed E-state index contributed by atoms with van der Waals surface area (Å²) in [6.07, 6.45) is 2.35. The minimum Gasteiger partial charge on any atom is -0.363 e. The van der Waals surface area contributed by atoms with Crippen LogP contribution in [0, 0.1) is 5.92 Å². The molecule has 0 aromatic carbocycles. The smallest absolute Gasteiger partial charge is 0.128 e. The molecule has 1 nitrogen and oxygen atoms in total. The minimum absolute atomic E-state index is 0.132. The lowest BCUT2D eigenvalue weighted by atomic mass is 10.1. The predicted octanol–water partition coefficient (Wildman–Crippen LogP) is 3.02. The van der Waals surface area contributed by atoms with Crippen molar-refractivity contribution in [3.05, 3.63) is 0 Å². The molecule has 0 aromatic rings. The van der Waals surface area contributed by atoms with Gasteiger partial charge >= 0.3 is 0 Å². The Morgan fingerprint density at radius 2 is 1.90 bits per heavy atom. The second-order valence-electron chi connectivity index (χ2n) is 2.95. The molecule has 62 valence electrons. The fraction of sp³-hybridized carbons (Fsp3) is 1.00. The lowest BCUT2D eigenvalue weighted by Gasteiger charge is -2.06. The summed E-state index contributed by atoms with van der Waals surface area (Å²) in [5.74, 6) is 0.772. The average molecular weight is 165 g/mol. The van der Waals surface area contributed by atoms with E-state index in [0.717, 1.165) is 18.9 Å². The first kappa shape index (κ1) is 10.2. The van der Waals surface area contributed by atoms with Gasteiger partial charge in [-0.05, 0) is 25.7 Å². The van der Waals surface area contributed by atoms with E-state index in [2.05, 4.69) is 13.8 Å². The maximum atomic E-state index is 5.57. The number of hydrogen-bond acceptors (Lipinski definition) is 1. The highest BCUT2D eigenvalue weighted by Crippen LogP contribution is 2.05. The zero-order chi connectivity index (χ0) is 7.98. The van der Waals surface area contributed by atoms with E-state index in [1.54, 1.807) is 0 Å². The monoisotopic (exact) mass is 164 g/mol. The summed E-state index contributed by atoms with van der Waals surface area (Å²) in [7, 11) is 0. The Balaban J connectivity index is 2.91. The number of rotatable bonds is 5. The minimum atomic E-state index is -0.132. The molecule has 0 aliphatic heterocycles. The third-order valence-corrected chi connectivity index (χ3v) is 1.40. The van der Waals surface area contributed by atoms with Gasteiger partial charge < -0.3 is 4.74 Å². The van der Waals surface area contributed by atoms with Crippen molar-refractivity contribution in [2.45, 2.75) is 39.2 Å². The molecule has 0 amide bonds. The Morgan fingerprint density at radius 3 is 2.30 bits per heavy atom. The molecule has 0 fully saturated rings. The van der Waals surface area contributed by atoms with Crippen molar-refractivity contribution in [2.75, 3.05) is 6.61 Å². The summed E-state index contributed by atoms with van der Waals surface area (Å²) >= 11 is 5.57. The van der Waals surface area contributed by atoms with Crippen LogP contribution in [-0.2, 0) is 4.74 Å². The van der Waals surface area contributed by atoms with Crippen molar-refractivity contribution >= 4 is 11.6 Å². The predicted molar refractivity (Wildman–Crippen MR) is 45.3 cm³/mol. The molecule has 0 saturated heterocycles. The molecule has 0 aliphatic rings. The molecular formula is C8H17ClO. The molecule has 0 heterocycles. The Bertz CT molecular complexity index is 61.7. The third kappa shape index (κ3) is 8.25. The molecule has 1 atom stereocenters. The summed E-state index contributed by atoms with van der Waals surface area (Å²) < 4.78 is 5.16. The zero-order valence-corrected chi connectivity index (χ0v) is 7.82. The van der Waals surface area contributed by atoms with Crippen LogP contribution in [0.2, 0.25) is 0 Å². The molecule has 10 heavy (non-hydrogen) atoms. The lowest BCUT2D eigenvalue weighted by molar-refractivity contribution is 0.113. The van der Waals surface area contributed by atoms with E-state index in [9.17, 15) is 0 Å². The molecule has 0 aliphatic carbocycles. The molecule has 0 aromatic heterocycles. The second-order valence-corrected chi connectivity index (χ2v) is 3.56. The number of ether oxygens (including phenoxy) is 1. The van der Waals surface area contributed by atoms with E-state index in [1.165, 1.54) is 6.42 Å². The van der Waals surface area contributed by atoms with Crippen molar-refractivity contribution in [1.29, 1.82) is 0 Å². The van der Waals surface area contributed by atoms with Crippen LogP contribution in [0.3, 0.4) is 0 Å². The Labute approximate surface area is 68.7 Å². The summed E-state index contributed by atoms with van der Waals surface area (Å²) in [5.41, 5.74) is -0.132. The second kappa shape index (κ2) is 5.99. The van der Waals surface area contributed by atoms with Crippen molar-refractivity contribution in [3.63, 3.8) is 0 Å². The highest BCUT2D eigenvalue weighted by Gasteiger charge is 1.96. The molecule has 1 unspecified atom stereocenters. The molecule has 2 heteroatoms. The van der Waals surface area contributed by atoms with Crippen LogP contribution in [0.1, 0.15) is 33.6 Å². The molecule has 0 saturated carbocycles. The van der Waals surface area contributed by atoms with Crippen molar-refractivity contribution in [1.82, 2.24) is 0 Å². The van der Waals surface area contributed by atoms with Gasteiger partial charge in [0, 0.05) is 6.61 Å². The van der Waals surface area contributed by atoms with E-state index in [1.807, 2.05) is 6.92 Å². The van der Waals surface area contributed by atoms with E-state index in [4.69, 9.17) is 16.3 Å². The Kier molecular flexibility index (Phi) is 6.14. The van der Waals surface area contributed by atoms with Crippen molar-refractivity contribution in [3.8, 4) is 0 Å². The summed E-state index contributed by atoms with van der Waals surface area (Å²) in [6, 6.07) is 0. The highest BCUT2D eigenvalue weighted by atomic mass is 35.5. The number of hydrogen-bond donors (Lipinski definition) is 0. The van der Waals surface area contributed by atoms with Gasteiger partial charge in [-0.15, -0.1) is 0 Å². The summed E-state index contributed by atoms with van der Waals surface area (Å²) in [6.45, 7) is 7.06. The van der Waals surface area contributed by atoms with Gasteiger partial charge in [-0.3, -0.25) is 0 Å². The molecule has 0 spiro atoms. The van der Waals surface area contributed by atoms with Gasteiger partial charge in [0.05, 0.1) is 0 Å². The van der Waals surface area contributed by atoms with Gasteiger partial charge in [0.15, 0.2) is 0 Å². The fourth-order valence-corrected chi connectivity index (χ4v) is 0.826. The van der Waals surface area contributed by atoms with Crippen LogP contribution in [-0.4, -0.2) is 12.2 Å². The van der Waals surface area contributed by atoms with E-state index in [-0.39, 0.29) is 5.56 Å². The highest BCUT2D eigenvalue weighted by molar-refractivity contribution is 6.19. The van der Waals surface area contributed by atoms with Crippen LogP contribution in [0.25, 0.3) is 0 Å². The van der Waals surface area contributed by atoms with Gasteiger partial charge in [0.1, 0.15) is 5.56 Å². The number of halogens is 1. The first-order valence-corrected chi connectivity index (χ1v) is 4.32. The molecule has 0 radical (unpaired) electrons. The van der Waals surface area contributed by atoms with Gasteiger partial charge in [-0.25, -0.2) is 0 Å². The Hall–Kier alpha value is 0.250. The van der Waals surface area contributed by atoms with Crippen LogP contribution in [0.5, 0.6) is 0 Å². The van der Waals surface area contributed by atoms with Gasteiger partial charge in [0.2, 0.25) is 0 Å². The van der Waals surface area contributed by atoms with Crippen LogP contribution in [0.15, 0.2) is 0 Å².